The summed E-state index contributed by atoms with van der Waals surface area (Å²) >= 11 is 11.4. The zero-order valence-corrected chi connectivity index (χ0v) is 11.7. The molecule has 2 aromatic rings. The highest BCUT2D eigenvalue weighted by Crippen LogP contribution is 2.15. The average Bonchev–Trinajstić information content (AvgIpc) is 2.50. The molecule has 0 saturated carbocycles. The van der Waals surface area contributed by atoms with Gasteiger partial charge in [-0.2, -0.15) is 20.1 Å². The van der Waals surface area contributed by atoms with Crippen LogP contribution in [0.25, 0.3) is 0 Å². The van der Waals surface area contributed by atoms with Gasteiger partial charge in [0.25, 0.3) is 0 Å². The highest BCUT2D eigenvalue weighted by atomic mass is 35.5. The van der Waals surface area contributed by atoms with Crippen molar-refractivity contribution in [3.63, 3.8) is 0 Å². The van der Waals surface area contributed by atoms with E-state index in [0.29, 0.717) is 12.5 Å². The zero-order chi connectivity index (χ0) is 13.3. The number of aromatic nitrogens is 5. The monoisotopic (exact) mass is 286 g/mol. The van der Waals surface area contributed by atoms with Gasteiger partial charge in [-0.15, -0.1) is 0 Å². The fourth-order valence-corrected chi connectivity index (χ4v) is 2.01. The first-order valence-corrected chi connectivity index (χ1v) is 6.03. The Morgan fingerprint density at radius 1 is 1.11 bits per heavy atom. The van der Waals surface area contributed by atoms with Gasteiger partial charge in [0, 0.05) is 24.8 Å². The lowest BCUT2D eigenvalue weighted by molar-refractivity contribution is 0.730. The number of nitrogens with one attached hydrogen (secondary N) is 1. The van der Waals surface area contributed by atoms with Crippen LogP contribution >= 0.6 is 23.2 Å². The molecule has 0 saturated heterocycles. The second-order valence-corrected chi connectivity index (χ2v) is 4.50. The normalized spacial score (nSPS) is 10.7. The Morgan fingerprint density at radius 2 is 1.72 bits per heavy atom. The number of hydrogen-bond donors (Lipinski definition) is 1. The highest BCUT2D eigenvalue weighted by Gasteiger charge is 2.10. The van der Waals surface area contributed by atoms with Gasteiger partial charge in [-0.05, 0) is 37.0 Å². The van der Waals surface area contributed by atoms with Gasteiger partial charge in [-0.3, -0.25) is 4.68 Å². The first-order valence-electron chi connectivity index (χ1n) is 5.27. The van der Waals surface area contributed by atoms with Gasteiger partial charge in [-0.1, -0.05) is 0 Å². The second kappa shape index (κ2) is 5.07. The minimum atomic E-state index is 0.0668. The predicted octanol–water partition coefficient (Wildman–Crippen LogP) is 2.14. The summed E-state index contributed by atoms with van der Waals surface area (Å²) < 4.78 is 1.83. The molecule has 0 radical (unpaired) electrons. The van der Waals surface area contributed by atoms with Gasteiger partial charge in [0.15, 0.2) is 0 Å². The predicted molar refractivity (Wildman–Crippen MR) is 69.9 cm³/mol. The minimum Gasteiger partial charge on any atom is -0.350 e. The van der Waals surface area contributed by atoms with Crippen molar-refractivity contribution < 1.29 is 0 Å². The largest absolute Gasteiger partial charge is 0.350 e. The smallest absolute Gasteiger partial charge is 0.228 e. The van der Waals surface area contributed by atoms with Gasteiger partial charge in [-0.25, -0.2) is 0 Å². The third kappa shape index (κ3) is 2.70. The van der Waals surface area contributed by atoms with Crippen molar-refractivity contribution in [2.75, 3.05) is 5.32 Å². The maximum atomic E-state index is 5.70. The topological polar surface area (TPSA) is 68.5 Å². The van der Waals surface area contributed by atoms with Gasteiger partial charge < -0.3 is 5.32 Å². The van der Waals surface area contributed by atoms with Crippen LogP contribution in [0.2, 0.25) is 10.6 Å². The van der Waals surface area contributed by atoms with Gasteiger partial charge >= 0.3 is 0 Å². The molecule has 2 aromatic heterocycles. The summed E-state index contributed by atoms with van der Waals surface area (Å²) in [7, 11) is 1.91. The fraction of sp³-hybridized carbons (Fsp3) is 0.400. The van der Waals surface area contributed by atoms with Crippen molar-refractivity contribution >= 4 is 29.2 Å². The molecule has 0 bridgehead atoms. The number of aryl methyl sites for hydroxylation is 2. The molecule has 8 heteroatoms. The lowest BCUT2D eigenvalue weighted by atomic mass is 10.2. The Morgan fingerprint density at radius 3 is 2.22 bits per heavy atom. The summed E-state index contributed by atoms with van der Waals surface area (Å²) in [5.41, 5.74) is 3.16. The number of halogens is 2. The summed E-state index contributed by atoms with van der Waals surface area (Å²) in [6, 6.07) is 0. The maximum Gasteiger partial charge on any atom is 0.228 e. The molecule has 0 aliphatic carbocycles. The number of hydrogen-bond acceptors (Lipinski definition) is 5. The number of nitrogens with zero attached hydrogens (tertiary/aromatic N) is 5. The Labute approximate surface area is 114 Å². The standard InChI is InChI=1S/C10H12Cl2N6/c1-5-7(6(2)18(3)17-5)4-13-10-15-8(11)14-9(12)16-10/h4H2,1-3H3,(H,13,14,15,16). The van der Waals surface area contributed by atoms with Crippen LogP contribution in [0.3, 0.4) is 0 Å². The molecular formula is C10H12Cl2N6. The molecule has 0 aliphatic heterocycles. The molecule has 1 N–H and O–H groups in total. The zero-order valence-electron chi connectivity index (χ0n) is 10.2. The molecule has 2 rings (SSSR count). The summed E-state index contributed by atoms with van der Waals surface area (Å²) in [5, 5.41) is 7.52. The summed E-state index contributed by atoms with van der Waals surface area (Å²) in [5.74, 6) is 0.350. The Kier molecular flexibility index (Phi) is 3.68. The van der Waals surface area contributed by atoms with E-state index >= 15 is 0 Å². The van der Waals surface area contributed by atoms with E-state index in [0.717, 1.165) is 17.0 Å². The van der Waals surface area contributed by atoms with Crippen LogP contribution in [-0.4, -0.2) is 24.7 Å². The molecule has 96 valence electrons. The third-order valence-electron chi connectivity index (χ3n) is 2.66. The first kappa shape index (κ1) is 13.0. The van der Waals surface area contributed by atoms with Crippen molar-refractivity contribution in [2.24, 2.45) is 7.05 Å². The second-order valence-electron chi connectivity index (χ2n) is 3.82. The van der Waals surface area contributed by atoms with Crippen molar-refractivity contribution in [1.29, 1.82) is 0 Å². The number of anilines is 1. The molecule has 0 spiro atoms. The Bertz CT molecular complexity index is 560. The van der Waals surface area contributed by atoms with Crippen molar-refractivity contribution in [2.45, 2.75) is 20.4 Å². The minimum absolute atomic E-state index is 0.0668. The third-order valence-corrected chi connectivity index (χ3v) is 3.00. The molecule has 0 fully saturated rings. The molecule has 18 heavy (non-hydrogen) atoms. The van der Waals surface area contributed by atoms with Crippen LogP contribution < -0.4 is 5.32 Å². The molecule has 0 amide bonds. The molecular weight excluding hydrogens is 275 g/mol. The van der Waals surface area contributed by atoms with E-state index < -0.39 is 0 Å². The Hall–Kier alpha value is -1.40. The van der Waals surface area contributed by atoms with Crippen LogP contribution in [0.5, 0.6) is 0 Å². The maximum absolute atomic E-state index is 5.70. The van der Waals surface area contributed by atoms with Gasteiger partial charge in [0.1, 0.15) is 0 Å². The lowest BCUT2D eigenvalue weighted by Crippen LogP contribution is -2.06. The fourth-order valence-electron chi connectivity index (χ4n) is 1.65. The van der Waals surface area contributed by atoms with E-state index in [1.165, 1.54) is 0 Å². The van der Waals surface area contributed by atoms with E-state index in [1.807, 2.05) is 25.6 Å². The quantitative estimate of drug-likeness (QED) is 0.936. The van der Waals surface area contributed by atoms with Crippen molar-refractivity contribution in [3.05, 3.63) is 27.5 Å². The van der Waals surface area contributed by atoms with Crippen LogP contribution in [0, 0.1) is 13.8 Å². The van der Waals surface area contributed by atoms with Crippen LogP contribution in [-0.2, 0) is 13.6 Å². The summed E-state index contributed by atoms with van der Waals surface area (Å²) in [6.45, 7) is 4.52. The van der Waals surface area contributed by atoms with E-state index in [4.69, 9.17) is 23.2 Å². The molecule has 0 unspecified atom stereocenters. The van der Waals surface area contributed by atoms with Gasteiger partial charge in [0.2, 0.25) is 16.5 Å². The summed E-state index contributed by atoms with van der Waals surface area (Å²) in [6.07, 6.45) is 0. The van der Waals surface area contributed by atoms with Crippen LogP contribution in [0.4, 0.5) is 5.95 Å². The van der Waals surface area contributed by atoms with E-state index in [2.05, 4.69) is 25.4 Å². The average molecular weight is 287 g/mol. The molecule has 0 aromatic carbocycles. The van der Waals surface area contributed by atoms with E-state index in [-0.39, 0.29) is 10.6 Å². The van der Waals surface area contributed by atoms with E-state index in [9.17, 15) is 0 Å². The van der Waals surface area contributed by atoms with Crippen LogP contribution in [0.1, 0.15) is 17.0 Å². The number of rotatable bonds is 3. The molecule has 6 nitrogen and oxygen atoms in total. The molecule has 2 heterocycles. The molecule has 0 aliphatic rings. The Balaban J connectivity index is 2.16. The van der Waals surface area contributed by atoms with Crippen molar-refractivity contribution in [1.82, 2.24) is 24.7 Å². The van der Waals surface area contributed by atoms with Gasteiger partial charge in [0.05, 0.1) is 5.69 Å². The van der Waals surface area contributed by atoms with Crippen LogP contribution in [0.15, 0.2) is 0 Å². The highest BCUT2D eigenvalue weighted by molar-refractivity contribution is 6.31. The first-order chi connectivity index (χ1) is 8.47. The molecule has 0 atom stereocenters. The van der Waals surface area contributed by atoms with E-state index in [1.54, 1.807) is 0 Å². The SMILES string of the molecule is Cc1nn(C)c(C)c1CNc1nc(Cl)nc(Cl)n1. The van der Waals surface area contributed by atoms with Crippen molar-refractivity contribution in [3.8, 4) is 0 Å². The lowest BCUT2D eigenvalue weighted by Gasteiger charge is -2.05. The summed E-state index contributed by atoms with van der Waals surface area (Å²) in [4.78, 5) is 11.6.